The zero-order chi connectivity index (χ0) is 12.3. The van der Waals surface area contributed by atoms with Gasteiger partial charge in [0.25, 0.3) is 0 Å². The molecule has 0 aliphatic carbocycles. The average molecular weight is 237 g/mol. The predicted molar refractivity (Wildman–Crippen MR) is 57.6 cm³/mol. The van der Waals surface area contributed by atoms with Gasteiger partial charge in [0.1, 0.15) is 11.6 Å². The molecule has 4 nitrogen and oxygen atoms in total. The molecule has 0 fully saturated rings. The topological polar surface area (TPSA) is 58.0 Å². The van der Waals surface area contributed by atoms with Crippen LogP contribution in [0, 0.1) is 11.6 Å². The van der Waals surface area contributed by atoms with Crippen molar-refractivity contribution in [3.8, 4) is 0 Å². The lowest BCUT2D eigenvalue weighted by atomic mass is 10.3. The first-order valence-electron chi connectivity index (χ1n) is 4.84. The van der Waals surface area contributed by atoms with Crippen LogP contribution < -0.4 is 5.32 Å². The van der Waals surface area contributed by atoms with Crippen LogP contribution >= 0.6 is 0 Å². The number of aliphatic hydroxyl groups excluding tert-OH is 1. The number of nitrogens with one attached hydrogen (secondary N) is 1. The molecule has 0 saturated heterocycles. The van der Waals surface area contributed by atoms with Crippen molar-refractivity contribution in [3.05, 3.63) is 47.8 Å². The highest BCUT2D eigenvalue weighted by atomic mass is 19.1. The van der Waals surface area contributed by atoms with Gasteiger partial charge in [-0.15, -0.1) is 0 Å². The van der Waals surface area contributed by atoms with Crippen molar-refractivity contribution in [2.75, 3.05) is 5.32 Å². The number of hydrogen-bond acceptors (Lipinski definition) is 4. The Kier molecular flexibility index (Phi) is 3.24. The molecule has 0 aliphatic rings. The molecule has 0 amide bonds. The molecule has 0 atom stereocenters. The van der Waals surface area contributed by atoms with Crippen molar-refractivity contribution in [2.24, 2.45) is 0 Å². The number of aliphatic hydroxyl groups is 1. The summed E-state index contributed by atoms with van der Waals surface area (Å²) in [5.41, 5.74) is 0.478. The largest absolute Gasteiger partial charge is 0.390 e. The molecule has 0 aliphatic heterocycles. The van der Waals surface area contributed by atoms with E-state index < -0.39 is 11.6 Å². The van der Waals surface area contributed by atoms with E-state index in [1.54, 1.807) is 0 Å². The van der Waals surface area contributed by atoms with Crippen LogP contribution in [0.5, 0.6) is 0 Å². The molecule has 1 aromatic carbocycles. The third-order valence-electron chi connectivity index (χ3n) is 2.05. The lowest BCUT2D eigenvalue weighted by Crippen LogP contribution is -2.01. The Morgan fingerprint density at radius 2 is 2.06 bits per heavy atom. The molecular weight excluding hydrogens is 228 g/mol. The Labute approximate surface area is 96.0 Å². The molecule has 88 valence electrons. The highest BCUT2D eigenvalue weighted by Crippen LogP contribution is 2.18. The van der Waals surface area contributed by atoms with Crippen LogP contribution in [0.15, 0.2) is 30.5 Å². The fourth-order valence-corrected chi connectivity index (χ4v) is 1.26. The van der Waals surface area contributed by atoms with Crippen LogP contribution in [0.25, 0.3) is 0 Å². The zero-order valence-electron chi connectivity index (χ0n) is 8.69. The number of aromatic nitrogens is 2. The Balaban J connectivity index is 2.25. The van der Waals surface area contributed by atoms with Gasteiger partial charge in [-0.05, 0) is 18.2 Å². The van der Waals surface area contributed by atoms with Gasteiger partial charge in [-0.25, -0.2) is 18.7 Å². The second-order valence-corrected chi connectivity index (χ2v) is 3.28. The van der Waals surface area contributed by atoms with E-state index in [2.05, 4.69) is 15.3 Å². The van der Waals surface area contributed by atoms with Crippen LogP contribution in [-0.4, -0.2) is 15.1 Å². The highest BCUT2D eigenvalue weighted by molar-refractivity contribution is 5.53. The summed E-state index contributed by atoms with van der Waals surface area (Å²) in [4.78, 5) is 7.77. The predicted octanol–water partition coefficient (Wildman–Crippen LogP) is 1.99. The maximum Gasteiger partial charge on any atom is 0.227 e. The van der Waals surface area contributed by atoms with E-state index in [0.717, 1.165) is 12.1 Å². The van der Waals surface area contributed by atoms with E-state index in [1.807, 2.05) is 0 Å². The molecule has 0 radical (unpaired) electrons. The van der Waals surface area contributed by atoms with Crippen molar-refractivity contribution in [1.82, 2.24) is 9.97 Å². The van der Waals surface area contributed by atoms with E-state index in [9.17, 15) is 8.78 Å². The number of hydrogen-bond donors (Lipinski definition) is 2. The fourth-order valence-electron chi connectivity index (χ4n) is 1.26. The molecule has 0 unspecified atom stereocenters. The summed E-state index contributed by atoms with van der Waals surface area (Å²) < 4.78 is 26.0. The minimum absolute atomic E-state index is 0.0708. The van der Waals surface area contributed by atoms with Crippen LogP contribution in [-0.2, 0) is 6.61 Å². The van der Waals surface area contributed by atoms with Gasteiger partial charge in [0.15, 0.2) is 0 Å². The van der Waals surface area contributed by atoms with Gasteiger partial charge in [-0.1, -0.05) is 0 Å². The molecule has 2 aromatic rings. The van der Waals surface area contributed by atoms with Gasteiger partial charge >= 0.3 is 0 Å². The third kappa shape index (κ3) is 2.73. The van der Waals surface area contributed by atoms with Gasteiger partial charge < -0.3 is 10.4 Å². The Morgan fingerprint density at radius 3 is 2.76 bits per heavy atom. The second kappa shape index (κ2) is 4.84. The SMILES string of the molecule is OCc1ccnc(Nc2ccc(F)cc2F)n1. The van der Waals surface area contributed by atoms with E-state index in [-0.39, 0.29) is 18.2 Å². The summed E-state index contributed by atoms with van der Waals surface area (Å²) in [5.74, 6) is -1.25. The normalized spacial score (nSPS) is 10.3. The number of anilines is 2. The first-order chi connectivity index (χ1) is 8.19. The van der Waals surface area contributed by atoms with Gasteiger partial charge in [0.2, 0.25) is 5.95 Å². The molecule has 1 heterocycles. The van der Waals surface area contributed by atoms with Crippen LogP contribution in [0.4, 0.5) is 20.4 Å². The average Bonchev–Trinajstić information content (AvgIpc) is 2.33. The van der Waals surface area contributed by atoms with Gasteiger partial charge in [-0.2, -0.15) is 0 Å². The maximum atomic E-state index is 13.3. The van der Waals surface area contributed by atoms with E-state index >= 15 is 0 Å². The van der Waals surface area contributed by atoms with Crippen molar-refractivity contribution in [3.63, 3.8) is 0 Å². The van der Waals surface area contributed by atoms with Crippen molar-refractivity contribution >= 4 is 11.6 Å². The maximum absolute atomic E-state index is 13.3. The first kappa shape index (κ1) is 11.4. The Hall–Kier alpha value is -2.08. The molecular formula is C11H9F2N3O. The summed E-state index contributed by atoms with van der Waals surface area (Å²) in [6.07, 6.45) is 1.43. The van der Waals surface area contributed by atoms with Gasteiger partial charge in [0.05, 0.1) is 18.0 Å². The number of benzene rings is 1. The minimum atomic E-state index is -0.733. The fraction of sp³-hybridized carbons (Fsp3) is 0.0909. The molecule has 6 heteroatoms. The standard InChI is InChI=1S/C11H9F2N3O/c12-7-1-2-10(9(13)5-7)16-11-14-4-3-8(6-17)15-11/h1-5,17H,6H2,(H,14,15,16). The van der Waals surface area contributed by atoms with Crippen LogP contribution in [0.3, 0.4) is 0 Å². The van der Waals surface area contributed by atoms with Crippen molar-refractivity contribution in [1.29, 1.82) is 0 Å². The third-order valence-corrected chi connectivity index (χ3v) is 2.05. The summed E-state index contributed by atoms with van der Waals surface area (Å²) >= 11 is 0. The molecule has 0 saturated carbocycles. The summed E-state index contributed by atoms with van der Waals surface area (Å²) in [5, 5.41) is 11.5. The number of halogens is 2. The first-order valence-corrected chi connectivity index (χ1v) is 4.84. The van der Waals surface area contributed by atoms with Crippen molar-refractivity contribution < 1.29 is 13.9 Å². The number of rotatable bonds is 3. The molecule has 0 bridgehead atoms. The van der Waals surface area contributed by atoms with E-state index in [1.165, 1.54) is 18.3 Å². The lowest BCUT2D eigenvalue weighted by Gasteiger charge is -2.06. The Morgan fingerprint density at radius 1 is 1.24 bits per heavy atom. The molecule has 0 spiro atoms. The van der Waals surface area contributed by atoms with Gasteiger partial charge in [-0.3, -0.25) is 0 Å². The Bertz CT molecular complexity index is 534. The highest BCUT2D eigenvalue weighted by Gasteiger charge is 2.05. The summed E-state index contributed by atoms with van der Waals surface area (Å²) in [6, 6.07) is 4.67. The molecule has 2 N–H and O–H groups in total. The monoisotopic (exact) mass is 237 g/mol. The lowest BCUT2D eigenvalue weighted by molar-refractivity contribution is 0.277. The zero-order valence-corrected chi connectivity index (χ0v) is 8.69. The quantitative estimate of drug-likeness (QED) is 0.857. The van der Waals surface area contributed by atoms with E-state index in [4.69, 9.17) is 5.11 Å². The smallest absolute Gasteiger partial charge is 0.227 e. The van der Waals surface area contributed by atoms with Crippen molar-refractivity contribution in [2.45, 2.75) is 6.61 Å². The van der Waals surface area contributed by atoms with Crippen LogP contribution in [0.2, 0.25) is 0 Å². The van der Waals surface area contributed by atoms with Gasteiger partial charge in [0, 0.05) is 12.3 Å². The molecule has 2 rings (SSSR count). The van der Waals surface area contributed by atoms with E-state index in [0.29, 0.717) is 5.69 Å². The number of nitrogens with zero attached hydrogens (tertiary/aromatic N) is 2. The summed E-state index contributed by atoms with van der Waals surface area (Å²) in [6.45, 7) is -0.233. The summed E-state index contributed by atoms with van der Waals surface area (Å²) in [7, 11) is 0. The minimum Gasteiger partial charge on any atom is -0.390 e. The molecule has 1 aromatic heterocycles. The second-order valence-electron chi connectivity index (χ2n) is 3.28. The van der Waals surface area contributed by atoms with Crippen LogP contribution in [0.1, 0.15) is 5.69 Å². The molecule has 17 heavy (non-hydrogen) atoms.